The molecule has 0 saturated carbocycles. The van der Waals surface area contributed by atoms with E-state index in [2.05, 4.69) is 10.2 Å². The van der Waals surface area contributed by atoms with Gasteiger partial charge in [-0.3, -0.25) is 9.59 Å². The lowest BCUT2D eigenvalue weighted by Gasteiger charge is -2.18. The SMILES string of the molecule is Cc1ccc(C(=O)N2CCN(C(=O)CSc3nnc(N)s3)C2)cc1. The summed E-state index contributed by atoms with van der Waals surface area (Å²) >= 11 is 2.57. The van der Waals surface area contributed by atoms with Crippen LogP contribution in [-0.2, 0) is 4.79 Å². The zero-order chi connectivity index (χ0) is 17.1. The van der Waals surface area contributed by atoms with E-state index in [-0.39, 0.29) is 17.6 Å². The molecular formula is C15H17N5O2S2. The number of carbonyl (C=O) groups is 2. The Morgan fingerprint density at radius 1 is 1.21 bits per heavy atom. The highest BCUT2D eigenvalue weighted by molar-refractivity contribution is 8.01. The van der Waals surface area contributed by atoms with Gasteiger partial charge in [-0.05, 0) is 19.1 Å². The van der Waals surface area contributed by atoms with E-state index in [0.717, 1.165) is 5.56 Å². The van der Waals surface area contributed by atoms with Gasteiger partial charge in [-0.25, -0.2) is 0 Å². The first-order valence-corrected chi connectivity index (χ1v) is 9.18. The summed E-state index contributed by atoms with van der Waals surface area (Å²) in [5, 5.41) is 7.98. The Hall–Kier alpha value is -2.13. The van der Waals surface area contributed by atoms with Crippen LogP contribution < -0.4 is 5.73 Å². The van der Waals surface area contributed by atoms with Crippen LogP contribution in [-0.4, -0.2) is 57.3 Å². The molecule has 2 N–H and O–H groups in total. The molecule has 1 aliphatic heterocycles. The molecule has 1 aliphatic rings. The number of thioether (sulfide) groups is 1. The summed E-state index contributed by atoms with van der Waals surface area (Å²) in [7, 11) is 0. The number of hydrogen-bond donors (Lipinski definition) is 1. The van der Waals surface area contributed by atoms with Crippen molar-refractivity contribution in [2.24, 2.45) is 0 Å². The number of aromatic nitrogens is 2. The minimum atomic E-state index is -0.0464. The summed E-state index contributed by atoms with van der Waals surface area (Å²) in [5.74, 6) is 0.198. The van der Waals surface area contributed by atoms with Crippen LogP contribution in [0.2, 0.25) is 0 Å². The van der Waals surface area contributed by atoms with Crippen LogP contribution in [0.4, 0.5) is 5.13 Å². The molecule has 0 atom stereocenters. The molecule has 0 aliphatic carbocycles. The van der Waals surface area contributed by atoms with Crippen molar-refractivity contribution in [3.05, 3.63) is 35.4 Å². The molecule has 1 aromatic carbocycles. The van der Waals surface area contributed by atoms with E-state index >= 15 is 0 Å². The summed E-state index contributed by atoms with van der Waals surface area (Å²) < 4.78 is 0.674. The highest BCUT2D eigenvalue weighted by atomic mass is 32.2. The van der Waals surface area contributed by atoms with Gasteiger partial charge in [-0.15, -0.1) is 10.2 Å². The summed E-state index contributed by atoms with van der Waals surface area (Å²) in [5.41, 5.74) is 7.27. The Balaban J connectivity index is 1.53. The summed E-state index contributed by atoms with van der Waals surface area (Å²) in [6, 6.07) is 7.46. The fraction of sp³-hybridized carbons (Fsp3) is 0.333. The van der Waals surface area contributed by atoms with Crippen LogP contribution in [0.1, 0.15) is 15.9 Å². The fourth-order valence-corrected chi connectivity index (χ4v) is 3.87. The molecule has 2 heterocycles. The van der Waals surface area contributed by atoms with E-state index in [1.54, 1.807) is 9.80 Å². The third-order valence-electron chi connectivity index (χ3n) is 3.66. The van der Waals surface area contributed by atoms with Gasteiger partial charge < -0.3 is 15.5 Å². The van der Waals surface area contributed by atoms with Crippen LogP contribution in [0, 0.1) is 6.92 Å². The van der Waals surface area contributed by atoms with Gasteiger partial charge in [0.15, 0.2) is 4.34 Å². The topological polar surface area (TPSA) is 92.4 Å². The first kappa shape index (κ1) is 16.7. The molecule has 24 heavy (non-hydrogen) atoms. The van der Waals surface area contributed by atoms with Crippen molar-refractivity contribution in [1.82, 2.24) is 20.0 Å². The monoisotopic (exact) mass is 363 g/mol. The van der Waals surface area contributed by atoms with Gasteiger partial charge in [0.1, 0.15) is 0 Å². The summed E-state index contributed by atoms with van der Waals surface area (Å²) in [6.45, 7) is 3.41. The Morgan fingerprint density at radius 3 is 2.58 bits per heavy atom. The molecule has 1 aromatic heterocycles. The molecule has 3 rings (SSSR count). The molecule has 0 bridgehead atoms. The first-order valence-electron chi connectivity index (χ1n) is 7.38. The van der Waals surface area contributed by atoms with Crippen molar-refractivity contribution in [2.45, 2.75) is 11.3 Å². The largest absolute Gasteiger partial charge is 0.374 e. The zero-order valence-corrected chi connectivity index (χ0v) is 14.8. The number of nitrogens with two attached hydrogens (primary N) is 1. The summed E-state index contributed by atoms with van der Waals surface area (Å²) in [6.07, 6.45) is 0. The van der Waals surface area contributed by atoms with Gasteiger partial charge in [0.2, 0.25) is 11.0 Å². The molecule has 1 saturated heterocycles. The molecule has 126 valence electrons. The maximum atomic E-state index is 12.5. The number of rotatable bonds is 4. The first-order chi connectivity index (χ1) is 11.5. The predicted octanol–water partition coefficient (Wildman–Crippen LogP) is 1.46. The average molecular weight is 363 g/mol. The number of nitrogens with zero attached hydrogens (tertiary/aromatic N) is 4. The van der Waals surface area contributed by atoms with E-state index in [1.165, 1.54) is 23.1 Å². The molecule has 1 fully saturated rings. The van der Waals surface area contributed by atoms with E-state index < -0.39 is 0 Å². The lowest BCUT2D eigenvalue weighted by molar-refractivity contribution is -0.127. The normalized spacial score (nSPS) is 14.2. The predicted molar refractivity (Wildman–Crippen MR) is 93.8 cm³/mol. The van der Waals surface area contributed by atoms with Crippen molar-refractivity contribution >= 4 is 40.0 Å². The van der Waals surface area contributed by atoms with Crippen LogP contribution >= 0.6 is 23.1 Å². The second kappa shape index (κ2) is 7.18. The standard InChI is InChI=1S/C15H17N5O2S2/c1-10-2-4-11(5-3-10)13(22)20-7-6-19(9-20)12(21)8-23-15-18-17-14(16)24-15/h2-5H,6-9H2,1H3,(H2,16,17). The highest BCUT2D eigenvalue weighted by Gasteiger charge is 2.28. The zero-order valence-electron chi connectivity index (χ0n) is 13.1. The third kappa shape index (κ3) is 3.85. The number of carbonyl (C=O) groups excluding carboxylic acids is 2. The minimum Gasteiger partial charge on any atom is -0.374 e. The van der Waals surface area contributed by atoms with Gasteiger partial charge in [0.25, 0.3) is 5.91 Å². The van der Waals surface area contributed by atoms with Crippen LogP contribution in [0.15, 0.2) is 28.6 Å². The third-order valence-corrected chi connectivity index (χ3v) is 5.53. The molecular weight excluding hydrogens is 346 g/mol. The number of aryl methyl sites for hydroxylation is 1. The molecule has 9 heteroatoms. The molecule has 0 unspecified atom stereocenters. The number of amides is 2. The average Bonchev–Trinajstić information content (AvgIpc) is 3.22. The second-order valence-electron chi connectivity index (χ2n) is 5.43. The Kier molecular flexibility index (Phi) is 5.00. The van der Waals surface area contributed by atoms with Gasteiger partial charge in [-0.2, -0.15) is 0 Å². The highest BCUT2D eigenvalue weighted by Crippen LogP contribution is 2.24. The minimum absolute atomic E-state index is 0.0204. The fourth-order valence-electron chi connectivity index (χ4n) is 2.33. The van der Waals surface area contributed by atoms with Crippen LogP contribution in [0.25, 0.3) is 0 Å². The van der Waals surface area contributed by atoms with Gasteiger partial charge in [0.05, 0.1) is 12.4 Å². The molecule has 2 amide bonds. The van der Waals surface area contributed by atoms with Crippen LogP contribution in [0.3, 0.4) is 0 Å². The number of anilines is 1. The van der Waals surface area contributed by atoms with Gasteiger partial charge in [0, 0.05) is 18.7 Å². The quantitative estimate of drug-likeness (QED) is 0.827. The Bertz CT molecular complexity index is 747. The summed E-state index contributed by atoms with van der Waals surface area (Å²) in [4.78, 5) is 28.1. The number of benzene rings is 1. The van der Waals surface area contributed by atoms with Gasteiger partial charge in [-0.1, -0.05) is 40.8 Å². The van der Waals surface area contributed by atoms with Crippen molar-refractivity contribution in [1.29, 1.82) is 0 Å². The Labute approximate surface area is 147 Å². The van der Waals surface area contributed by atoms with Crippen molar-refractivity contribution in [2.75, 3.05) is 31.2 Å². The maximum absolute atomic E-state index is 12.5. The number of nitrogen functional groups attached to an aromatic ring is 1. The van der Waals surface area contributed by atoms with Gasteiger partial charge >= 0.3 is 0 Å². The lowest BCUT2D eigenvalue weighted by Crippen LogP contribution is -2.34. The van der Waals surface area contributed by atoms with E-state index in [0.29, 0.717) is 34.8 Å². The van der Waals surface area contributed by atoms with E-state index in [9.17, 15) is 9.59 Å². The van der Waals surface area contributed by atoms with E-state index in [1.807, 2.05) is 31.2 Å². The molecule has 0 radical (unpaired) electrons. The molecule has 2 aromatic rings. The smallest absolute Gasteiger partial charge is 0.255 e. The second-order valence-corrected chi connectivity index (χ2v) is 7.66. The molecule has 0 spiro atoms. The number of hydrogen-bond acceptors (Lipinski definition) is 7. The van der Waals surface area contributed by atoms with Crippen LogP contribution in [0.5, 0.6) is 0 Å². The lowest BCUT2D eigenvalue weighted by atomic mass is 10.1. The van der Waals surface area contributed by atoms with Crippen molar-refractivity contribution in [3.63, 3.8) is 0 Å². The maximum Gasteiger partial charge on any atom is 0.255 e. The Morgan fingerprint density at radius 2 is 1.92 bits per heavy atom. The van der Waals surface area contributed by atoms with Crippen molar-refractivity contribution in [3.8, 4) is 0 Å². The van der Waals surface area contributed by atoms with Crippen molar-refractivity contribution < 1.29 is 9.59 Å². The van der Waals surface area contributed by atoms with E-state index in [4.69, 9.17) is 5.73 Å². The molecule has 7 nitrogen and oxygen atoms in total.